The lowest BCUT2D eigenvalue weighted by Gasteiger charge is -2.15. The van der Waals surface area contributed by atoms with Gasteiger partial charge in [0.2, 0.25) is 0 Å². The van der Waals surface area contributed by atoms with Crippen LogP contribution < -0.4 is 14.8 Å². The number of carbonyl (C=O) groups is 2. The minimum atomic E-state index is -1.02. The Morgan fingerprint density at radius 3 is 2.50 bits per heavy atom. The highest BCUT2D eigenvalue weighted by molar-refractivity contribution is 5.78. The maximum Gasteiger partial charge on any atom is 0.308 e. The number of carboxylic acids is 1. The number of para-hydroxylation sites is 1. The van der Waals surface area contributed by atoms with Crippen LogP contribution in [0.3, 0.4) is 0 Å². The first-order valence-corrected chi connectivity index (χ1v) is 7.99. The van der Waals surface area contributed by atoms with Crippen molar-refractivity contribution in [2.45, 2.75) is 6.42 Å². The van der Waals surface area contributed by atoms with Gasteiger partial charge in [0.05, 0.1) is 13.0 Å². The van der Waals surface area contributed by atoms with Crippen LogP contribution >= 0.6 is 0 Å². The standard InChI is InChI=1S/C19H20FNO5/c1-25-17-5-3-2-4-13(17)10-14(19(23)24)11-21-18(22)12-26-16-8-6-15(20)7-9-16/h2-9,14H,10-12H2,1H3,(H,21,22)(H,23,24). The monoisotopic (exact) mass is 361 g/mol. The molecule has 0 radical (unpaired) electrons. The second kappa shape index (κ2) is 9.41. The van der Waals surface area contributed by atoms with Crippen molar-refractivity contribution >= 4 is 11.9 Å². The fourth-order valence-electron chi connectivity index (χ4n) is 2.35. The van der Waals surface area contributed by atoms with Crippen molar-refractivity contribution < 1.29 is 28.6 Å². The van der Waals surface area contributed by atoms with E-state index in [4.69, 9.17) is 9.47 Å². The van der Waals surface area contributed by atoms with E-state index in [1.807, 2.05) is 0 Å². The third kappa shape index (κ3) is 5.77. The highest BCUT2D eigenvalue weighted by Gasteiger charge is 2.20. The Hall–Kier alpha value is -3.09. The average molecular weight is 361 g/mol. The smallest absolute Gasteiger partial charge is 0.308 e. The van der Waals surface area contributed by atoms with E-state index in [0.29, 0.717) is 11.5 Å². The molecule has 0 bridgehead atoms. The number of aliphatic carboxylic acids is 1. The van der Waals surface area contributed by atoms with Crippen molar-refractivity contribution in [2.24, 2.45) is 5.92 Å². The van der Waals surface area contributed by atoms with Crippen LogP contribution in [-0.2, 0) is 16.0 Å². The summed E-state index contributed by atoms with van der Waals surface area (Å²) in [5.74, 6) is -1.73. The Bertz CT molecular complexity index is 748. The first-order valence-electron chi connectivity index (χ1n) is 7.99. The van der Waals surface area contributed by atoms with Gasteiger partial charge in [0, 0.05) is 6.54 Å². The van der Waals surface area contributed by atoms with Crippen LogP contribution in [0.5, 0.6) is 11.5 Å². The van der Waals surface area contributed by atoms with Gasteiger partial charge in [-0.05, 0) is 42.3 Å². The van der Waals surface area contributed by atoms with E-state index in [2.05, 4.69) is 5.32 Å². The minimum Gasteiger partial charge on any atom is -0.496 e. The van der Waals surface area contributed by atoms with E-state index < -0.39 is 23.6 Å². The topological polar surface area (TPSA) is 84.9 Å². The second-order valence-electron chi connectivity index (χ2n) is 5.60. The molecule has 0 aliphatic carbocycles. The summed E-state index contributed by atoms with van der Waals surface area (Å²) in [6.07, 6.45) is 0.221. The molecule has 0 saturated heterocycles. The van der Waals surface area contributed by atoms with Crippen LogP contribution in [0.1, 0.15) is 5.56 Å². The number of rotatable bonds is 9. The van der Waals surface area contributed by atoms with E-state index in [-0.39, 0.29) is 19.6 Å². The molecule has 1 atom stereocenters. The van der Waals surface area contributed by atoms with E-state index in [1.165, 1.54) is 31.4 Å². The molecule has 0 spiro atoms. The summed E-state index contributed by atoms with van der Waals surface area (Å²) < 4.78 is 23.2. The largest absolute Gasteiger partial charge is 0.496 e. The molecule has 0 saturated carbocycles. The number of methoxy groups -OCH3 is 1. The van der Waals surface area contributed by atoms with Crippen molar-refractivity contribution in [3.8, 4) is 11.5 Å². The number of ether oxygens (including phenoxy) is 2. The fourth-order valence-corrected chi connectivity index (χ4v) is 2.35. The Morgan fingerprint density at radius 1 is 1.15 bits per heavy atom. The highest BCUT2D eigenvalue weighted by atomic mass is 19.1. The van der Waals surface area contributed by atoms with Crippen molar-refractivity contribution in [2.75, 3.05) is 20.3 Å². The van der Waals surface area contributed by atoms with Crippen molar-refractivity contribution in [1.82, 2.24) is 5.32 Å². The summed E-state index contributed by atoms with van der Waals surface area (Å²) in [7, 11) is 1.52. The third-order valence-corrected chi connectivity index (χ3v) is 3.74. The number of hydrogen-bond donors (Lipinski definition) is 2. The first-order chi connectivity index (χ1) is 12.5. The van der Waals surface area contributed by atoms with Crippen LogP contribution in [0.15, 0.2) is 48.5 Å². The average Bonchev–Trinajstić information content (AvgIpc) is 2.64. The number of amides is 1. The number of hydrogen-bond acceptors (Lipinski definition) is 4. The molecule has 0 aliphatic heterocycles. The lowest BCUT2D eigenvalue weighted by Crippen LogP contribution is -2.36. The zero-order valence-corrected chi connectivity index (χ0v) is 14.3. The molecule has 0 fully saturated rings. The first kappa shape index (κ1) is 19.2. The summed E-state index contributed by atoms with van der Waals surface area (Å²) in [5.41, 5.74) is 0.749. The molecule has 2 N–H and O–H groups in total. The molecule has 1 unspecified atom stereocenters. The maximum atomic E-state index is 12.8. The van der Waals surface area contributed by atoms with Gasteiger partial charge in [0.1, 0.15) is 17.3 Å². The highest BCUT2D eigenvalue weighted by Crippen LogP contribution is 2.21. The summed E-state index contributed by atoms with van der Waals surface area (Å²) in [6.45, 7) is -0.328. The van der Waals surface area contributed by atoms with Gasteiger partial charge < -0.3 is 19.9 Å². The van der Waals surface area contributed by atoms with Gasteiger partial charge >= 0.3 is 5.97 Å². The van der Waals surface area contributed by atoms with E-state index in [9.17, 15) is 19.1 Å². The Morgan fingerprint density at radius 2 is 1.85 bits per heavy atom. The molecule has 0 aliphatic rings. The maximum absolute atomic E-state index is 12.8. The van der Waals surface area contributed by atoms with Crippen molar-refractivity contribution in [1.29, 1.82) is 0 Å². The normalized spacial score (nSPS) is 11.5. The molecule has 0 heterocycles. The van der Waals surface area contributed by atoms with Gasteiger partial charge in [-0.3, -0.25) is 9.59 Å². The van der Waals surface area contributed by atoms with Crippen LogP contribution in [0.2, 0.25) is 0 Å². The molecular formula is C19H20FNO5. The lowest BCUT2D eigenvalue weighted by molar-refractivity contribution is -0.141. The van der Waals surface area contributed by atoms with Crippen LogP contribution in [0.4, 0.5) is 4.39 Å². The molecule has 6 nitrogen and oxygen atoms in total. The van der Waals surface area contributed by atoms with Gasteiger partial charge in [-0.25, -0.2) is 4.39 Å². The van der Waals surface area contributed by atoms with Crippen molar-refractivity contribution in [3.05, 3.63) is 59.9 Å². The Labute approximate surface area is 150 Å². The summed E-state index contributed by atoms with van der Waals surface area (Å²) in [4.78, 5) is 23.3. The molecule has 2 aromatic carbocycles. The van der Waals surface area contributed by atoms with Gasteiger partial charge in [0.15, 0.2) is 6.61 Å². The summed E-state index contributed by atoms with van der Waals surface area (Å²) in [5, 5.41) is 11.9. The zero-order chi connectivity index (χ0) is 18.9. The van der Waals surface area contributed by atoms with E-state index in [1.54, 1.807) is 24.3 Å². The summed E-state index contributed by atoms with van der Waals surface area (Å²) in [6, 6.07) is 12.4. The zero-order valence-electron chi connectivity index (χ0n) is 14.3. The lowest BCUT2D eigenvalue weighted by atomic mass is 9.98. The van der Waals surface area contributed by atoms with Crippen LogP contribution in [0, 0.1) is 11.7 Å². The molecule has 26 heavy (non-hydrogen) atoms. The fraction of sp³-hybridized carbons (Fsp3) is 0.263. The number of benzene rings is 2. The molecule has 0 aromatic heterocycles. The van der Waals surface area contributed by atoms with Gasteiger partial charge in [-0.1, -0.05) is 18.2 Å². The predicted octanol–water partition coefficient (Wildman–Crippen LogP) is 2.27. The summed E-state index contributed by atoms with van der Waals surface area (Å²) >= 11 is 0. The van der Waals surface area contributed by atoms with Gasteiger partial charge in [0.25, 0.3) is 5.91 Å². The predicted molar refractivity (Wildman–Crippen MR) is 92.7 cm³/mol. The minimum absolute atomic E-state index is 0.0427. The van der Waals surface area contributed by atoms with Gasteiger partial charge in [-0.15, -0.1) is 0 Å². The molecule has 2 rings (SSSR count). The van der Waals surface area contributed by atoms with Gasteiger partial charge in [-0.2, -0.15) is 0 Å². The molecule has 2 aromatic rings. The van der Waals surface area contributed by atoms with Crippen molar-refractivity contribution in [3.63, 3.8) is 0 Å². The molecule has 7 heteroatoms. The molecular weight excluding hydrogens is 341 g/mol. The number of carbonyl (C=O) groups excluding carboxylic acids is 1. The Kier molecular flexibility index (Phi) is 6.96. The van der Waals surface area contributed by atoms with Crippen LogP contribution in [-0.4, -0.2) is 37.2 Å². The van der Waals surface area contributed by atoms with E-state index in [0.717, 1.165) is 5.56 Å². The second-order valence-corrected chi connectivity index (χ2v) is 5.60. The number of halogens is 1. The SMILES string of the molecule is COc1ccccc1CC(CNC(=O)COc1ccc(F)cc1)C(=O)O. The third-order valence-electron chi connectivity index (χ3n) is 3.74. The number of carboxylic acid groups (broad SMARTS) is 1. The van der Waals surface area contributed by atoms with E-state index >= 15 is 0 Å². The molecule has 1 amide bonds. The van der Waals surface area contributed by atoms with Crippen LogP contribution in [0.25, 0.3) is 0 Å². The number of nitrogens with one attached hydrogen (secondary N) is 1. The quantitative estimate of drug-likeness (QED) is 0.716. The molecule has 138 valence electrons. The Balaban J connectivity index is 1.86.